The molecule has 1 aliphatic carbocycles. The third-order valence-corrected chi connectivity index (χ3v) is 14.3. The Kier molecular flexibility index (Phi) is 14.0. The van der Waals surface area contributed by atoms with E-state index in [0.717, 1.165) is 67.1 Å². The summed E-state index contributed by atoms with van der Waals surface area (Å²) in [6.07, 6.45) is 8.41. The summed E-state index contributed by atoms with van der Waals surface area (Å²) < 4.78 is 62.7. The fourth-order valence-electron chi connectivity index (χ4n) is 8.88. The molecule has 4 heterocycles. The molecule has 2 aliphatic heterocycles. The van der Waals surface area contributed by atoms with Gasteiger partial charge in [0.05, 0.1) is 21.6 Å². The largest absolute Gasteiger partial charge is 0.483 e. The van der Waals surface area contributed by atoms with Gasteiger partial charge in [-0.25, -0.2) is 27.3 Å². The van der Waals surface area contributed by atoms with Crippen LogP contribution in [0.1, 0.15) is 94.6 Å². The minimum atomic E-state index is -4.73. The fourth-order valence-corrected chi connectivity index (χ4v) is 9.99. The molecule has 15 nitrogen and oxygen atoms in total. The highest BCUT2D eigenvalue weighted by molar-refractivity contribution is 7.90. The smallest absolute Gasteiger partial charge is 0.410 e. The van der Waals surface area contributed by atoms with E-state index < -0.39 is 55.4 Å². The maximum absolute atomic E-state index is 15.8. The number of fused-ring (bicyclic) bond motifs is 1. The average molecular weight is 984 g/mol. The molecule has 18 heteroatoms. The monoisotopic (exact) mass is 982 g/mol. The van der Waals surface area contributed by atoms with Crippen molar-refractivity contribution in [2.24, 2.45) is 5.41 Å². The Morgan fingerprint density at radius 3 is 2.39 bits per heavy atom. The molecule has 1 saturated heterocycles. The number of nitrogens with one attached hydrogen (secondary N) is 2. The van der Waals surface area contributed by atoms with E-state index in [2.05, 4.69) is 46.9 Å². The number of alkyl halides is 1. The zero-order valence-electron chi connectivity index (χ0n) is 39.3. The Hall–Kier alpha value is -6.30. The van der Waals surface area contributed by atoms with Crippen molar-refractivity contribution in [3.8, 4) is 17.2 Å². The molecular weight excluding hydrogens is 927 g/mol. The van der Waals surface area contributed by atoms with Crippen LogP contribution in [0.25, 0.3) is 22.2 Å². The predicted molar refractivity (Wildman–Crippen MR) is 262 cm³/mol. The predicted octanol–water partition coefficient (Wildman–Crippen LogP) is 10.9. The van der Waals surface area contributed by atoms with Gasteiger partial charge in [-0.2, -0.15) is 0 Å². The molecule has 3 aromatic carbocycles. The van der Waals surface area contributed by atoms with Gasteiger partial charge in [0.2, 0.25) is 0 Å². The molecule has 364 valence electrons. The summed E-state index contributed by atoms with van der Waals surface area (Å²) in [6, 6.07) is 19.4. The van der Waals surface area contributed by atoms with Gasteiger partial charge >= 0.3 is 11.8 Å². The number of hydrogen-bond acceptors (Lipinski definition) is 11. The molecule has 0 radical (unpaired) electrons. The van der Waals surface area contributed by atoms with E-state index in [1.807, 2.05) is 22.9 Å². The summed E-state index contributed by atoms with van der Waals surface area (Å²) in [7, 11) is -4.73. The maximum Gasteiger partial charge on any atom is 0.410 e. The molecular formula is C51H56ClFN6O9S. The molecule has 69 heavy (non-hydrogen) atoms. The number of piperidine rings is 1. The van der Waals surface area contributed by atoms with Gasteiger partial charge in [-0.05, 0) is 123 Å². The lowest BCUT2D eigenvalue weighted by atomic mass is 9.72. The minimum absolute atomic E-state index is 0.0458. The summed E-state index contributed by atoms with van der Waals surface area (Å²) in [6.45, 7) is 11.6. The third-order valence-electron chi connectivity index (χ3n) is 12.7. The number of H-pyrrole nitrogens is 1. The number of allylic oxidation sites excluding steroid dienone is 1. The quantitative estimate of drug-likeness (QED) is 0.0844. The second-order valence-corrected chi connectivity index (χ2v) is 21.9. The molecule has 2 N–H and O–H groups in total. The van der Waals surface area contributed by atoms with Gasteiger partial charge in [0.1, 0.15) is 35.0 Å². The lowest BCUT2D eigenvalue weighted by molar-refractivity contribution is -0.386. The number of aromatic amines is 1. The molecule has 0 atom stereocenters. The molecule has 1 fully saturated rings. The minimum Gasteiger partial charge on any atom is -0.483 e. The Labute approximate surface area is 405 Å². The number of nitrogens with zero attached hydrogens (tertiary/aromatic N) is 4. The fraction of sp³-hybridized carbons (Fsp3) is 0.392. The Bertz CT molecular complexity index is 2960. The van der Waals surface area contributed by atoms with Crippen LogP contribution in [-0.2, 0) is 14.8 Å². The van der Waals surface area contributed by atoms with Crippen LogP contribution in [0.2, 0.25) is 5.02 Å². The summed E-state index contributed by atoms with van der Waals surface area (Å²) in [5.41, 5.74) is 3.15. The number of carbonyl (C=O) groups excluding carboxylic acids is 2. The van der Waals surface area contributed by atoms with Crippen LogP contribution in [0.5, 0.6) is 17.2 Å². The molecule has 3 aliphatic rings. The van der Waals surface area contributed by atoms with Crippen LogP contribution in [0.15, 0.2) is 102 Å². The van der Waals surface area contributed by atoms with Crippen molar-refractivity contribution in [2.75, 3.05) is 39.3 Å². The van der Waals surface area contributed by atoms with Gasteiger partial charge in [-0.3, -0.25) is 19.8 Å². The average Bonchev–Trinajstić information content (AvgIpc) is 3.77. The van der Waals surface area contributed by atoms with Gasteiger partial charge in [-0.1, -0.05) is 55.3 Å². The number of ether oxygens (including phenoxy) is 3. The van der Waals surface area contributed by atoms with Crippen molar-refractivity contribution < 1.29 is 41.5 Å². The van der Waals surface area contributed by atoms with Crippen molar-refractivity contribution in [2.45, 2.75) is 89.3 Å². The van der Waals surface area contributed by atoms with Crippen LogP contribution in [0, 0.1) is 15.5 Å². The van der Waals surface area contributed by atoms with Gasteiger partial charge in [0, 0.05) is 68.2 Å². The van der Waals surface area contributed by atoms with E-state index >= 15 is 4.39 Å². The SMILES string of the molecule is CC1(C)CCC(CN2CC=C(c3ccc(C(=O)NS(=O)(=O)c4ccc(OCC5(F)CCN(C(=O)OC(C)(C)C)CC5)c([N+](=O)[O-])c4)c(Oc4cnc5[nH]ccc5c4)c3)CC2)=C(c2ccc(Cl)cc2)C1. The van der Waals surface area contributed by atoms with Crippen LogP contribution in [0.3, 0.4) is 0 Å². The number of pyridine rings is 1. The third kappa shape index (κ3) is 11.9. The first kappa shape index (κ1) is 49.1. The molecule has 5 aromatic rings. The van der Waals surface area contributed by atoms with Gasteiger partial charge in [-0.15, -0.1) is 0 Å². The first-order valence-electron chi connectivity index (χ1n) is 22.9. The zero-order chi connectivity index (χ0) is 49.3. The maximum atomic E-state index is 15.8. The normalized spacial score (nSPS) is 17.6. The number of hydrogen-bond donors (Lipinski definition) is 2. The number of benzene rings is 3. The topological polar surface area (TPSA) is 186 Å². The first-order chi connectivity index (χ1) is 32.6. The molecule has 2 amide bonds. The number of likely N-dealkylation sites (tertiary alicyclic amines) is 1. The van der Waals surface area contributed by atoms with E-state index in [0.29, 0.717) is 29.4 Å². The van der Waals surface area contributed by atoms with Crippen molar-refractivity contribution in [1.82, 2.24) is 24.5 Å². The van der Waals surface area contributed by atoms with Crippen molar-refractivity contribution in [1.29, 1.82) is 0 Å². The van der Waals surface area contributed by atoms with Crippen LogP contribution in [0.4, 0.5) is 14.9 Å². The Morgan fingerprint density at radius 1 is 0.957 bits per heavy atom. The van der Waals surface area contributed by atoms with Crippen molar-refractivity contribution in [3.05, 3.63) is 129 Å². The Morgan fingerprint density at radius 2 is 1.70 bits per heavy atom. The van der Waals surface area contributed by atoms with Crippen LogP contribution in [-0.4, -0.2) is 95.7 Å². The molecule has 2 aromatic heterocycles. The number of halogens is 2. The number of aromatic nitrogens is 2. The van der Waals surface area contributed by atoms with Crippen molar-refractivity contribution >= 4 is 61.5 Å². The van der Waals surface area contributed by atoms with E-state index in [1.54, 1.807) is 45.2 Å². The van der Waals surface area contributed by atoms with Gasteiger partial charge in [0.15, 0.2) is 5.75 Å². The molecule has 0 spiro atoms. The Balaban J connectivity index is 0.988. The highest BCUT2D eigenvalue weighted by atomic mass is 35.5. The summed E-state index contributed by atoms with van der Waals surface area (Å²) in [5.74, 6) is -1.05. The highest BCUT2D eigenvalue weighted by Gasteiger charge is 2.39. The zero-order valence-corrected chi connectivity index (χ0v) is 40.8. The van der Waals surface area contributed by atoms with Gasteiger partial charge < -0.3 is 24.1 Å². The molecule has 0 bridgehead atoms. The second kappa shape index (κ2) is 19.6. The second-order valence-electron chi connectivity index (χ2n) is 19.8. The first-order valence-corrected chi connectivity index (χ1v) is 24.8. The summed E-state index contributed by atoms with van der Waals surface area (Å²) in [5, 5.41) is 13.7. The highest BCUT2D eigenvalue weighted by Crippen LogP contribution is 2.44. The standard InChI is InChI=1S/C51H56ClFN6O9S/c1-49(2,3)68-48(61)58-24-19-51(53,20-25-58)32-66-44-13-11-40(28-43(44)59(62)63)69(64,65)56-47(60)41-12-8-35(27-45(41)67-39-26-36-15-21-54-46(36)55-30-39)33-16-22-57(23-17-33)31-37-14-18-50(4,5)29-42(37)34-6-9-38(52)10-7-34/h6-13,15-16,21,26-28,30H,14,17-20,22-25,29,31-32H2,1-5H3,(H,54,55)(H,56,60). The number of nitro benzene ring substituents is 1. The lowest BCUT2D eigenvalue weighted by Gasteiger charge is -2.36. The van der Waals surface area contributed by atoms with Gasteiger partial charge in [0.25, 0.3) is 15.9 Å². The van der Waals surface area contributed by atoms with E-state index in [4.69, 9.17) is 25.8 Å². The number of nitro groups is 1. The summed E-state index contributed by atoms with van der Waals surface area (Å²) in [4.78, 5) is 48.5. The number of carbonyl (C=O) groups is 2. The molecule has 0 unspecified atom stereocenters. The molecule has 0 saturated carbocycles. The van der Waals surface area contributed by atoms with Crippen LogP contribution < -0.4 is 14.2 Å². The van der Waals surface area contributed by atoms with E-state index in [-0.39, 0.29) is 48.4 Å². The van der Waals surface area contributed by atoms with E-state index in [1.165, 1.54) is 33.9 Å². The number of rotatable bonds is 13. The summed E-state index contributed by atoms with van der Waals surface area (Å²) >= 11 is 6.24. The van der Waals surface area contributed by atoms with Crippen LogP contribution >= 0.6 is 11.6 Å². The lowest BCUT2D eigenvalue weighted by Crippen LogP contribution is -2.48. The number of amides is 2. The van der Waals surface area contributed by atoms with Crippen molar-refractivity contribution in [3.63, 3.8) is 0 Å². The number of sulfonamides is 1. The molecule has 8 rings (SSSR count). The van der Waals surface area contributed by atoms with E-state index in [9.17, 15) is 28.1 Å².